The van der Waals surface area contributed by atoms with E-state index >= 15 is 0 Å². The molecular weight excluding hydrogens is 1170 g/mol. The number of unbranched alkanes of at least 4 members (excludes halogenated alkanes) is 37. The zero-order valence-electron chi connectivity index (χ0n) is 60.2. The van der Waals surface area contributed by atoms with Crippen LogP contribution in [0.15, 0.2) is 134 Å². The first-order chi connectivity index (χ1) is 45.8. The first-order valence-electron chi connectivity index (χ1n) is 38.7. The van der Waals surface area contributed by atoms with Crippen LogP contribution in [0.3, 0.4) is 0 Å². The molecule has 0 aromatic rings. The summed E-state index contributed by atoms with van der Waals surface area (Å²) in [5, 5.41) is 0. The van der Waals surface area contributed by atoms with Gasteiger partial charge in [0.25, 0.3) is 0 Å². The van der Waals surface area contributed by atoms with Crippen molar-refractivity contribution in [2.75, 3.05) is 26.4 Å². The van der Waals surface area contributed by atoms with Gasteiger partial charge in [-0.2, -0.15) is 0 Å². The number of rotatable bonds is 72. The van der Waals surface area contributed by atoms with Crippen molar-refractivity contribution in [3.05, 3.63) is 134 Å². The first-order valence-corrected chi connectivity index (χ1v) is 40.2. The van der Waals surface area contributed by atoms with Gasteiger partial charge in [0.1, 0.15) is 6.61 Å². The summed E-state index contributed by atoms with van der Waals surface area (Å²) >= 11 is 0. The van der Waals surface area contributed by atoms with Crippen LogP contribution >= 0.6 is 7.82 Å². The van der Waals surface area contributed by atoms with Crippen molar-refractivity contribution in [3.63, 3.8) is 0 Å². The summed E-state index contributed by atoms with van der Waals surface area (Å²) in [6, 6.07) is 0. The summed E-state index contributed by atoms with van der Waals surface area (Å²) in [4.78, 5) is 35.4. The van der Waals surface area contributed by atoms with Crippen molar-refractivity contribution in [2.45, 2.75) is 354 Å². The fourth-order valence-corrected chi connectivity index (χ4v) is 11.7. The van der Waals surface area contributed by atoms with Crippen molar-refractivity contribution < 1.29 is 37.6 Å². The van der Waals surface area contributed by atoms with E-state index in [0.717, 1.165) is 116 Å². The van der Waals surface area contributed by atoms with Crippen LogP contribution in [0.25, 0.3) is 0 Å². The Labute approximate surface area is 574 Å². The normalized spacial score (nSPS) is 13.6. The zero-order valence-corrected chi connectivity index (χ0v) is 61.1. The van der Waals surface area contributed by atoms with Gasteiger partial charge >= 0.3 is 19.8 Å². The van der Waals surface area contributed by atoms with Gasteiger partial charge in [-0.1, -0.05) is 359 Å². The standard InChI is InChI=1S/C83H144NO8P/c1-3-5-7-9-11-13-15-17-19-21-23-25-27-29-31-33-35-37-38-39-40-41-42-44-45-47-49-51-53-55-57-59-61-63-65-67-69-71-73-75-82(85)89-79-81(80-91-93(87,88)90-78-77-84)92-83(86)76-74-72-70-68-66-64-62-60-58-56-54-52-50-48-46-43-36-34-32-30-28-26-24-22-20-18-16-14-12-10-8-6-4-2/h5-8,11-14,17-20,23-26,30,32,36,43,48,50,81H,3-4,9-10,15-16,21-22,27-29,31,33-35,37-42,44-47,49,51-80,84H2,1-2H3,(H,87,88)/b7-5-,8-6-,13-11-,14-12-,19-17-,20-18-,25-23-,26-24-,32-30-,43-36-,50-48-. The van der Waals surface area contributed by atoms with Gasteiger partial charge < -0.3 is 20.1 Å². The predicted octanol–water partition coefficient (Wildman–Crippen LogP) is 26.0. The Morgan fingerprint density at radius 1 is 0.323 bits per heavy atom. The van der Waals surface area contributed by atoms with Gasteiger partial charge in [-0.3, -0.25) is 18.6 Å². The van der Waals surface area contributed by atoms with Crippen molar-refractivity contribution >= 4 is 19.8 Å². The molecule has 0 aromatic carbocycles. The largest absolute Gasteiger partial charge is 0.472 e. The lowest BCUT2D eigenvalue weighted by Gasteiger charge is -2.19. The lowest BCUT2D eigenvalue weighted by atomic mass is 10.0. The fraction of sp³-hybridized carbons (Fsp3) is 0.711. The number of carbonyl (C=O) groups excluding carboxylic acids is 2. The van der Waals surface area contributed by atoms with Crippen LogP contribution in [0.1, 0.15) is 348 Å². The van der Waals surface area contributed by atoms with E-state index in [1.165, 1.54) is 199 Å². The summed E-state index contributed by atoms with van der Waals surface area (Å²) in [6.07, 6.45) is 110. The molecule has 0 heterocycles. The Bertz CT molecular complexity index is 1990. The zero-order chi connectivity index (χ0) is 67.2. The smallest absolute Gasteiger partial charge is 0.462 e. The molecule has 93 heavy (non-hydrogen) atoms. The van der Waals surface area contributed by atoms with Crippen LogP contribution < -0.4 is 5.73 Å². The molecule has 10 heteroatoms. The molecule has 0 aliphatic rings. The summed E-state index contributed by atoms with van der Waals surface area (Å²) in [6.45, 7) is 3.55. The van der Waals surface area contributed by atoms with Gasteiger partial charge in [-0.15, -0.1) is 0 Å². The summed E-state index contributed by atoms with van der Waals surface area (Å²) in [5.74, 6) is -0.822. The van der Waals surface area contributed by atoms with Gasteiger partial charge in [0.15, 0.2) is 6.10 Å². The third kappa shape index (κ3) is 77.0. The number of esters is 2. The molecule has 0 spiro atoms. The second kappa shape index (κ2) is 77.2. The molecule has 0 saturated heterocycles. The number of nitrogens with two attached hydrogens (primary N) is 1. The van der Waals surface area contributed by atoms with Crippen LogP contribution in [0.5, 0.6) is 0 Å². The first kappa shape index (κ1) is 89.2. The highest BCUT2D eigenvalue weighted by Crippen LogP contribution is 2.43. The van der Waals surface area contributed by atoms with Crippen LogP contribution in [-0.4, -0.2) is 49.3 Å². The lowest BCUT2D eigenvalue weighted by molar-refractivity contribution is -0.161. The molecule has 0 saturated carbocycles. The van der Waals surface area contributed by atoms with E-state index in [-0.39, 0.29) is 38.6 Å². The monoisotopic (exact) mass is 1310 g/mol. The highest BCUT2D eigenvalue weighted by Gasteiger charge is 2.26. The number of allylic oxidation sites excluding steroid dienone is 22. The van der Waals surface area contributed by atoms with E-state index in [1.54, 1.807) is 0 Å². The van der Waals surface area contributed by atoms with Crippen LogP contribution in [0.2, 0.25) is 0 Å². The third-order valence-electron chi connectivity index (χ3n) is 16.5. The summed E-state index contributed by atoms with van der Waals surface area (Å²) in [7, 11) is -4.40. The Hall–Kier alpha value is -3.85. The molecule has 3 N–H and O–H groups in total. The van der Waals surface area contributed by atoms with E-state index in [0.29, 0.717) is 6.42 Å². The van der Waals surface area contributed by atoms with Gasteiger partial charge in [-0.25, -0.2) is 4.57 Å². The molecule has 0 fully saturated rings. The number of ether oxygens (including phenoxy) is 2. The minimum atomic E-state index is -4.40. The molecule has 0 aliphatic heterocycles. The van der Waals surface area contributed by atoms with Crippen molar-refractivity contribution in [2.24, 2.45) is 5.73 Å². The fourth-order valence-electron chi connectivity index (χ4n) is 10.9. The molecule has 534 valence electrons. The number of carbonyl (C=O) groups is 2. The molecule has 2 atom stereocenters. The summed E-state index contributed by atoms with van der Waals surface area (Å²) in [5.41, 5.74) is 5.41. The van der Waals surface area contributed by atoms with E-state index in [2.05, 4.69) is 148 Å². The van der Waals surface area contributed by atoms with E-state index in [1.807, 2.05) is 0 Å². The van der Waals surface area contributed by atoms with E-state index < -0.39 is 26.5 Å². The molecule has 9 nitrogen and oxygen atoms in total. The van der Waals surface area contributed by atoms with Crippen LogP contribution in [0, 0.1) is 0 Å². The quantitative estimate of drug-likeness (QED) is 0.0264. The molecule has 2 unspecified atom stereocenters. The second-order valence-corrected chi connectivity index (χ2v) is 26.9. The molecule has 0 aromatic heterocycles. The molecule has 0 amide bonds. The average Bonchev–Trinajstić information content (AvgIpc) is 3.32. The topological polar surface area (TPSA) is 134 Å². The maximum Gasteiger partial charge on any atom is 0.472 e. The minimum absolute atomic E-state index is 0.0495. The lowest BCUT2D eigenvalue weighted by Crippen LogP contribution is -2.29. The Morgan fingerprint density at radius 3 is 0.828 bits per heavy atom. The average molecular weight is 1320 g/mol. The minimum Gasteiger partial charge on any atom is -0.462 e. The molecule has 0 radical (unpaired) electrons. The number of phosphoric acid groups is 1. The Morgan fingerprint density at radius 2 is 0.559 bits per heavy atom. The number of hydrogen-bond donors (Lipinski definition) is 2. The molecule has 0 rings (SSSR count). The highest BCUT2D eigenvalue weighted by molar-refractivity contribution is 7.47. The SMILES string of the molecule is CC/C=C\C/C=C\C/C=C\C/C=C\C/C=C\C/C=C\C/C=C\CCCCCCCCCCCCCC(=O)OC(COC(=O)CCCCCCCCCCCCCCCCCCCCCCCCCCCC/C=C\C/C=C\C/C=C\C/C=C\CC)COP(=O)(O)OCCN. The predicted molar refractivity (Wildman–Crippen MR) is 404 cm³/mol. The number of phosphoric ester groups is 1. The highest BCUT2D eigenvalue weighted by atomic mass is 31.2. The van der Waals surface area contributed by atoms with Crippen LogP contribution in [-0.2, 0) is 32.7 Å². The third-order valence-corrected chi connectivity index (χ3v) is 17.5. The Balaban J connectivity index is 3.82. The van der Waals surface area contributed by atoms with Gasteiger partial charge in [0.05, 0.1) is 13.2 Å². The molecule has 0 bridgehead atoms. The second-order valence-electron chi connectivity index (χ2n) is 25.5. The van der Waals surface area contributed by atoms with E-state index in [4.69, 9.17) is 24.3 Å². The van der Waals surface area contributed by atoms with Gasteiger partial charge in [0, 0.05) is 19.4 Å². The maximum atomic E-state index is 12.8. The van der Waals surface area contributed by atoms with Crippen molar-refractivity contribution in [1.29, 1.82) is 0 Å². The van der Waals surface area contributed by atoms with Crippen LogP contribution in [0.4, 0.5) is 0 Å². The number of hydrogen-bond acceptors (Lipinski definition) is 8. The summed E-state index contributed by atoms with van der Waals surface area (Å²) < 4.78 is 33.3. The van der Waals surface area contributed by atoms with Crippen molar-refractivity contribution in [3.8, 4) is 0 Å². The molecular formula is C83H144NO8P. The van der Waals surface area contributed by atoms with E-state index in [9.17, 15) is 19.0 Å². The maximum absolute atomic E-state index is 12.8. The Kier molecular flexibility index (Phi) is 74.0. The van der Waals surface area contributed by atoms with Crippen molar-refractivity contribution in [1.82, 2.24) is 0 Å². The molecule has 0 aliphatic carbocycles. The van der Waals surface area contributed by atoms with Gasteiger partial charge in [0.2, 0.25) is 0 Å². The van der Waals surface area contributed by atoms with Gasteiger partial charge in [-0.05, 0) is 109 Å².